The van der Waals surface area contributed by atoms with Gasteiger partial charge in [0.1, 0.15) is 5.75 Å². The van der Waals surface area contributed by atoms with Crippen LogP contribution in [0.25, 0.3) is 11.1 Å². The molecule has 0 heterocycles. The molecule has 0 aliphatic rings. The largest absolute Gasteiger partial charge is 0.493 e. The third-order valence-electron chi connectivity index (χ3n) is 4.76. The van der Waals surface area contributed by atoms with Crippen molar-refractivity contribution < 1.29 is 4.74 Å². The van der Waals surface area contributed by atoms with Crippen molar-refractivity contribution in [1.29, 1.82) is 0 Å². The summed E-state index contributed by atoms with van der Waals surface area (Å²) >= 11 is 5.69. The zero-order valence-corrected chi connectivity index (χ0v) is 16.7. The maximum atomic E-state index is 6.06. The number of alkyl halides is 1. The van der Waals surface area contributed by atoms with E-state index < -0.39 is 0 Å². The first-order chi connectivity index (χ1) is 12.9. The van der Waals surface area contributed by atoms with Crippen LogP contribution in [0.4, 0.5) is 0 Å². The molecule has 26 heavy (non-hydrogen) atoms. The number of para-hydroxylation sites is 1. The summed E-state index contributed by atoms with van der Waals surface area (Å²) in [6.07, 6.45) is 13.0. The molecule has 0 amide bonds. The molecule has 0 unspecified atom stereocenters. The molecule has 1 nitrogen and oxygen atoms in total. The van der Waals surface area contributed by atoms with Crippen LogP contribution in [-0.2, 0) is 0 Å². The number of benzene rings is 2. The van der Waals surface area contributed by atoms with Crippen molar-refractivity contribution in [2.75, 3.05) is 12.5 Å². The summed E-state index contributed by atoms with van der Waals surface area (Å²) in [5.74, 6) is 1.81. The second-order valence-electron chi connectivity index (χ2n) is 6.94. The zero-order chi connectivity index (χ0) is 18.3. The van der Waals surface area contributed by atoms with E-state index in [2.05, 4.69) is 48.5 Å². The summed E-state index contributed by atoms with van der Waals surface area (Å²) < 4.78 is 6.06. The Morgan fingerprint density at radius 1 is 0.577 bits per heavy atom. The highest BCUT2D eigenvalue weighted by atomic mass is 35.5. The van der Waals surface area contributed by atoms with Crippen molar-refractivity contribution in [3.8, 4) is 16.9 Å². The molecule has 0 atom stereocenters. The van der Waals surface area contributed by atoms with E-state index in [0.717, 1.165) is 24.7 Å². The van der Waals surface area contributed by atoms with E-state index in [9.17, 15) is 0 Å². The summed E-state index contributed by atoms with van der Waals surface area (Å²) in [5, 5.41) is 0. The van der Waals surface area contributed by atoms with Crippen LogP contribution in [0.15, 0.2) is 54.6 Å². The smallest absolute Gasteiger partial charge is 0.127 e. The van der Waals surface area contributed by atoms with Gasteiger partial charge in [0.25, 0.3) is 0 Å². The number of hydrogen-bond acceptors (Lipinski definition) is 1. The first-order valence-corrected chi connectivity index (χ1v) is 10.8. The van der Waals surface area contributed by atoms with E-state index in [-0.39, 0.29) is 0 Å². The SMILES string of the molecule is ClCCCCCCCCCCCCOc1ccccc1-c1ccccc1. The number of ether oxygens (including phenoxy) is 1. The lowest BCUT2D eigenvalue weighted by Gasteiger charge is -2.11. The first-order valence-electron chi connectivity index (χ1n) is 10.2. The van der Waals surface area contributed by atoms with Gasteiger partial charge in [0.05, 0.1) is 6.61 Å². The fraction of sp³-hybridized carbons (Fsp3) is 0.500. The minimum Gasteiger partial charge on any atom is -0.493 e. The highest BCUT2D eigenvalue weighted by molar-refractivity contribution is 6.17. The van der Waals surface area contributed by atoms with Gasteiger partial charge < -0.3 is 4.74 Å². The zero-order valence-electron chi connectivity index (χ0n) is 16.0. The fourth-order valence-corrected chi connectivity index (χ4v) is 3.43. The quantitative estimate of drug-likeness (QED) is 0.242. The molecule has 0 aliphatic carbocycles. The molecule has 2 aromatic rings. The van der Waals surface area contributed by atoms with Crippen LogP contribution in [0.1, 0.15) is 64.2 Å². The van der Waals surface area contributed by atoms with Crippen LogP contribution in [0.3, 0.4) is 0 Å². The van der Waals surface area contributed by atoms with Crippen LogP contribution in [0.2, 0.25) is 0 Å². The van der Waals surface area contributed by atoms with Gasteiger partial charge in [-0.25, -0.2) is 0 Å². The number of unbranched alkanes of at least 4 members (excludes halogenated alkanes) is 9. The Hall–Kier alpha value is -1.47. The Morgan fingerprint density at radius 3 is 1.77 bits per heavy atom. The summed E-state index contributed by atoms with van der Waals surface area (Å²) in [7, 11) is 0. The van der Waals surface area contributed by atoms with E-state index in [1.807, 2.05) is 6.07 Å². The predicted molar refractivity (Wildman–Crippen MR) is 114 cm³/mol. The topological polar surface area (TPSA) is 9.23 Å². The lowest BCUT2D eigenvalue weighted by atomic mass is 10.0. The van der Waals surface area contributed by atoms with Gasteiger partial charge in [-0.3, -0.25) is 0 Å². The number of halogens is 1. The predicted octanol–water partition coefficient (Wildman–Crippen LogP) is 7.87. The number of hydrogen-bond donors (Lipinski definition) is 0. The van der Waals surface area contributed by atoms with Crippen molar-refractivity contribution in [1.82, 2.24) is 0 Å². The van der Waals surface area contributed by atoms with Crippen LogP contribution >= 0.6 is 11.6 Å². The van der Waals surface area contributed by atoms with Crippen molar-refractivity contribution >= 4 is 11.6 Å². The Morgan fingerprint density at radius 2 is 1.12 bits per heavy atom. The van der Waals surface area contributed by atoms with E-state index in [4.69, 9.17) is 16.3 Å². The lowest BCUT2D eigenvalue weighted by Crippen LogP contribution is -1.98. The maximum absolute atomic E-state index is 6.06. The molecular formula is C24H33ClO. The van der Waals surface area contributed by atoms with Crippen molar-refractivity contribution in [3.05, 3.63) is 54.6 Å². The van der Waals surface area contributed by atoms with Crippen LogP contribution in [-0.4, -0.2) is 12.5 Å². The molecule has 0 radical (unpaired) electrons. The standard InChI is InChI=1S/C24H33ClO/c25-20-14-7-5-3-1-2-4-6-8-15-21-26-24-19-13-12-18-23(24)22-16-10-9-11-17-22/h9-13,16-19H,1-8,14-15,20-21H2. The molecule has 0 fully saturated rings. The van der Waals surface area contributed by atoms with Gasteiger partial charge in [-0.05, 0) is 24.5 Å². The third-order valence-corrected chi connectivity index (χ3v) is 5.02. The summed E-state index contributed by atoms with van der Waals surface area (Å²) in [6, 6.07) is 18.8. The summed E-state index contributed by atoms with van der Waals surface area (Å²) in [6.45, 7) is 0.808. The number of rotatable bonds is 14. The van der Waals surface area contributed by atoms with Crippen molar-refractivity contribution in [3.63, 3.8) is 0 Å². The van der Waals surface area contributed by atoms with Gasteiger partial charge >= 0.3 is 0 Å². The van der Waals surface area contributed by atoms with Crippen LogP contribution in [0.5, 0.6) is 5.75 Å². The molecule has 0 saturated carbocycles. The molecule has 0 aromatic heterocycles. The highest BCUT2D eigenvalue weighted by Gasteiger charge is 2.04. The van der Waals surface area contributed by atoms with Gasteiger partial charge in [0.2, 0.25) is 0 Å². The summed E-state index contributed by atoms with van der Waals surface area (Å²) in [5.41, 5.74) is 2.40. The van der Waals surface area contributed by atoms with Crippen LogP contribution in [0, 0.1) is 0 Å². The van der Waals surface area contributed by atoms with E-state index in [0.29, 0.717) is 0 Å². The van der Waals surface area contributed by atoms with Gasteiger partial charge in [0, 0.05) is 11.4 Å². The highest BCUT2D eigenvalue weighted by Crippen LogP contribution is 2.29. The Balaban J connectivity index is 1.56. The molecule has 0 spiro atoms. The molecule has 0 aliphatic heterocycles. The second-order valence-corrected chi connectivity index (χ2v) is 7.31. The van der Waals surface area contributed by atoms with E-state index >= 15 is 0 Å². The van der Waals surface area contributed by atoms with E-state index in [1.54, 1.807) is 0 Å². The van der Waals surface area contributed by atoms with Gasteiger partial charge in [-0.15, -0.1) is 11.6 Å². The average molecular weight is 373 g/mol. The van der Waals surface area contributed by atoms with Gasteiger partial charge in [-0.2, -0.15) is 0 Å². The molecule has 2 heteroatoms. The average Bonchev–Trinajstić information content (AvgIpc) is 2.70. The molecular weight excluding hydrogens is 340 g/mol. The van der Waals surface area contributed by atoms with Gasteiger partial charge in [-0.1, -0.05) is 99.9 Å². The summed E-state index contributed by atoms with van der Waals surface area (Å²) in [4.78, 5) is 0. The Bertz CT molecular complexity index is 582. The maximum Gasteiger partial charge on any atom is 0.127 e. The van der Waals surface area contributed by atoms with Gasteiger partial charge in [0.15, 0.2) is 0 Å². The lowest BCUT2D eigenvalue weighted by molar-refractivity contribution is 0.305. The Kier molecular flexibility index (Phi) is 11.0. The monoisotopic (exact) mass is 372 g/mol. The molecule has 0 saturated heterocycles. The second kappa shape index (κ2) is 13.7. The fourth-order valence-electron chi connectivity index (χ4n) is 3.24. The Labute approximate surface area is 164 Å². The third kappa shape index (κ3) is 8.27. The van der Waals surface area contributed by atoms with Crippen molar-refractivity contribution in [2.24, 2.45) is 0 Å². The van der Waals surface area contributed by atoms with Crippen molar-refractivity contribution in [2.45, 2.75) is 64.2 Å². The minimum absolute atomic E-state index is 0.808. The molecule has 0 N–H and O–H groups in total. The van der Waals surface area contributed by atoms with E-state index in [1.165, 1.54) is 68.9 Å². The normalized spacial score (nSPS) is 10.8. The molecule has 2 rings (SSSR count). The minimum atomic E-state index is 0.808. The van der Waals surface area contributed by atoms with Crippen LogP contribution < -0.4 is 4.74 Å². The molecule has 142 valence electrons. The molecule has 0 bridgehead atoms. The molecule has 2 aromatic carbocycles. The first kappa shape index (κ1) is 20.8.